The van der Waals surface area contributed by atoms with E-state index in [0.29, 0.717) is 108 Å². The predicted molar refractivity (Wildman–Crippen MR) is 564 cm³/mol. The van der Waals surface area contributed by atoms with Crippen molar-refractivity contribution in [3.63, 3.8) is 0 Å². The van der Waals surface area contributed by atoms with E-state index < -0.39 is 11.9 Å². The van der Waals surface area contributed by atoms with Gasteiger partial charge in [-0.05, 0) is 433 Å². The number of carbonyl (C=O) groups excluding carboxylic acids is 2. The molecule has 756 valence electrons. The third kappa shape index (κ3) is 27.0. The van der Waals surface area contributed by atoms with Crippen LogP contribution in [0, 0.1) is 46.9 Å². The number of benzene rings is 12. The Morgan fingerprint density at radius 2 is 0.500 bits per heavy atom. The van der Waals surface area contributed by atoms with Crippen molar-refractivity contribution in [1.29, 1.82) is 0 Å². The summed E-state index contributed by atoms with van der Waals surface area (Å²) in [6.07, 6.45) is 31.4. The van der Waals surface area contributed by atoms with Gasteiger partial charge in [0, 0.05) is 22.3 Å². The maximum atomic E-state index is 14.9. The first-order valence-corrected chi connectivity index (χ1v) is 51.3. The SMILES string of the molecule is COC(=O)C[C@@H](c1cccc(OCc2ccc(-c3cc(OC)ccc3F)c(C3=CCCC3)c2)c1)C1CC1.COC(=O)C[C@H](c1cccc(OCc2ccc(-c3cc(OC)ccc3F)c(C3=CCCC3)c2)c1)C1CC1.COc1ccc(F)c(-c2ccc(COc3cccc([C@@H](CC(=O)O)C4CC4)c3)cc2C2=CCCC2)c1.COc1ccc(F)c(-c2ccc(COc3cccc([C@H](CC(=O)O)C4CC4)c3)cc2C2=CCCC2)c1. The highest BCUT2D eigenvalue weighted by molar-refractivity contribution is 5.88. The van der Waals surface area contributed by atoms with Crippen LogP contribution in [0.1, 0.15) is 245 Å². The third-order valence-electron chi connectivity index (χ3n) is 29.3. The van der Waals surface area contributed by atoms with Crippen LogP contribution in [-0.2, 0) is 55.1 Å². The minimum absolute atomic E-state index is 0.0315. The van der Waals surface area contributed by atoms with Crippen LogP contribution in [0.15, 0.2) is 267 Å². The van der Waals surface area contributed by atoms with Gasteiger partial charge in [-0.1, -0.05) is 121 Å². The van der Waals surface area contributed by atoms with Crippen molar-refractivity contribution in [3.8, 4) is 90.5 Å². The Balaban J connectivity index is 0.000000133. The number of carboxylic acids is 2. The Morgan fingerprint density at radius 3 is 0.699 bits per heavy atom. The van der Waals surface area contributed by atoms with Crippen molar-refractivity contribution in [2.45, 2.75) is 204 Å². The van der Waals surface area contributed by atoms with E-state index in [-0.39, 0.29) is 71.7 Å². The standard InChI is InChI=1S/2C32H33FO4.2C31H31FO4/c2*1-35-25-13-15-31(33)30(18-25)27-14-10-21(16-29(27)22-6-3-4-7-22)20-37-26-9-5-8-24(17-26)28(23-11-12-23)19-32(34)36-2;2*1-35-24-12-14-30(32)29(17-24)26-13-9-20(15-28(26)21-5-2-3-6-21)19-36-25-8-4-7-23(16-25)27(18-31(33)34)22-10-11-22/h2*5-6,8-10,13-18,23,28H,3-4,7,11-12,19-20H2,1-2H3;2*4-5,7-9,12-17,22,27H,2-3,6,10-11,18-19H2,1H3,(H,33,34)/t2*28-;2*27-/m1010/s1. The number of hydrogen-bond donors (Lipinski definition) is 2. The maximum absolute atomic E-state index is 14.9. The van der Waals surface area contributed by atoms with Gasteiger partial charge in [-0.3, -0.25) is 19.2 Å². The lowest BCUT2D eigenvalue weighted by Gasteiger charge is -2.17. The predicted octanol–water partition coefficient (Wildman–Crippen LogP) is 30.6. The van der Waals surface area contributed by atoms with Crippen LogP contribution in [0.5, 0.6) is 46.0 Å². The second-order valence-electron chi connectivity index (χ2n) is 39.4. The molecule has 146 heavy (non-hydrogen) atoms. The number of methoxy groups -OCH3 is 6. The zero-order valence-corrected chi connectivity index (χ0v) is 83.9. The molecule has 0 unspecified atom stereocenters. The van der Waals surface area contributed by atoms with Gasteiger partial charge < -0.3 is 57.6 Å². The summed E-state index contributed by atoms with van der Waals surface area (Å²) in [6.45, 7) is 1.54. The van der Waals surface area contributed by atoms with E-state index in [1.807, 2.05) is 133 Å². The van der Waals surface area contributed by atoms with Crippen LogP contribution in [0.3, 0.4) is 0 Å². The van der Waals surface area contributed by atoms with Gasteiger partial charge in [0.05, 0.1) is 68.3 Å². The van der Waals surface area contributed by atoms with E-state index >= 15 is 0 Å². The Kier molecular flexibility index (Phi) is 34.6. The molecular weight excluding hydrogens is 1850 g/mol. The number of halogens is 4. The number of allylic oxidation sites excluding steroid dienone is 8. The van der Waals surface area contributed by atoms with Crippen molar-refractivity contribution < 1.29 is 94.3 Å². The molecular formula is C126H128F4O16. The second kappa shape index (κ2) is 49.0. The number of rotatable bonds is 40. The minimum Gasteiger partial charge on any atom is -0.497 e. The molecule has 0 heterocycles. The van der Waals surface area contributed by atoms with Crippen molar-refractivity contribution >= 4 is 46.2 Å². The lowest BCUT2D eigenvalue weighted by atomic mass is 9.91. The fraction of sp³-hybridized carbons (Fsp3) is 0.333. The van der Waals surface area contributed by atoms with Gasteiger partial charge in [0.25, 0.3) is 0 Å². The smallest absolute Gasteiger partial charge is 0.306 e. The van der Waals surface area contributed by atoms with Gasteiger partial charge in [-0.2, -0.15) is 0 Å². The van der Waals surface area contributed by atoms with E-state index in [4.69, 9.17) is 47.4 Å². The van der Waals surface area contributed by atoms with Gasteiger partial charge in [0.1, 0.15) is 95.7 Å². The fourth-order valence-electron chi connectivity index (χ4n) is 20.9. The van der Waals surface area contributed by atoms with E-state index in [2.05, 4.69) is 60.7 Å². The molecule has 0 radical (unpaired) electrons. The summed E-state index contributed by atoms with van der Waals surface area (Å²) in [6, 6.07) is 75.5. The van der Waals surface area contributed by atoms with Crippen LogP contribution in [0.25, 0.3) is 66.8 Å². The molecule has 2 N–H and O–H groups in total. The molecule has 16 nitrogen and oxygen atoms in total. The molecule has 8 aliphatic rings. The van der Waals surface area contributed by atoms with Crippen molar-refractivity contribution in [2.75, 3.05) is 42.7 Å². The van der Waals surface area contributed by atoms with Crippen LogP contribution in [-0.4, -0.2) is 76.7 Å². The molecule has 4 fully saturated rings. The molecule has 20 rings (SSSR count). The first-order valence-electron chi connectivity index (χ1n) is 51.3. The molecule has 0 aliphatic heterocycles. The summed E-state index contributed by atoms with van der Waals surface area (Å²) in [5, 5.41) is 18.7. The van der Waals surface area contributed by atoms with Crippen LogP contribution in [0.4, 0.5) is 17.6 Å². The average Bonchev–Trinajstić information content (AvgIpc) is 0.860. The largest absolute Gasteiger partial charge is 0.497 e. The lowest BCUT2D eigenvalue weighted by Crippen LogP contribution is -2.10. The highest BCUT2D eigenvalue weighted by atomic mass is 19.1. The summed E-state index contributed by atoms with van der Waals surface area (Å²) in [5.41, 5.74) is 23.0. The summed E-state index contributed by atoms with van der Waals surface area (Å²) in [5.74, 6) is 4.89. The Labute approximate surface area is 853 Å². The molecule has 8 aliphatic carbocycles. The van der Waals surface area contributed by atoms with E-state index in [1.165, 1.54) is 60.8 Å². The van der Waals surface area contributed by atoms with Crippen molar-refractivity contribution in [1.82, 2.24) is 0 Å². The quantitative estimate of drug-likeness (QED) is 0.0271. The zero-order chi connectivity index (χ0) is 102. The molecule has 4 atom stereocenters. The van der Waals surface area contributed by atoms with E-state index in [1.54, 1.807) is 77.0 Å². The zero-order valence-electron chi connectivity index (χ0n) is 83.9. The lowest BCUT2D eigenvalue weighted by molar-refractivity contribution is -0.142. The molecule has 0 spiro atoms. The molecule has 20 heteroatoms. The third-order valence-corrected chi connectivity index (χ3v) is 29.3. The maximum Gasteiger partial charge on any atom is 0.306 e. The Morgan fingerprint density at radius 1 is 0.267 bits per heavy atom. The number of carbonyl (C=O) groups is 4. The number of ether oxygens (including phenoxy) is 10. The first-order chi connectivity index (χ1) is 71.1. The van der Waals surface area contributed by atoms with E-state index in [9.17, 15) is 47.0 Å². The van der Waals surface area contributed by atoms with Gasteiger partial charge >= 0.3 is 23.9 Å². The number of aliphatic carboxylic acids is 2. The fourth-order valence-corrected chi connectivity index (χ4v) is 20.9. The summed E-state index contributed by atoms with van der Waals surface area (Å²) >= 11 is 0. The molecule has 0 amide bonds. The molecule has 12 aromatic carbocycles. The van der Waals surface area contributed by atoms with Crippen molar-refractivity contribution in [3.05, 3.63) is 357 Å². The first kappa shape index (κ1) is 103. The van der Waals surface area contributed by atoms with Gasteiger partial charge in [0.15, 0.2) is 0 Å². The molecule has 4 saturated carbocycles. The molecule has 0 aromatic heterocycles. The molecule has 0 saturated heterocycles. The van der Waals surface area contributed by atoms with Gasteiger partial charge in [-0.15, -0.1) is 0 Å². The van der Waals surface area contributed by atoms with Gasteiger partial charge in [-0.25, -0.2) is 17.6 Å². The normalized spacial score (nSPS) is 15.8. The topological polar surface area (TPSA) is 201 Å². The highest BCUT2D eigenvalue weighted by Gasteiger charge is 2.39. The van der Waals surface area contributed by atoms with E-state index in [0.717, 1.165) is 240 Å². The van der Waals surface area contributed by atoms with Crippen molar-refractivity contribution in [2.24, 2.45) is 23.7 Å². The summed E-state index contributed by atoms with van der Waals surface area (Å²) in [7, 11) is 9.23. The number of hydrogen-bond acceptors (Lipinski definition) is 14. The summed E-state index contributed by atoms with van der Waals surface area (Å²) < 4.78 is 115. The average molecular weight is 1970 g/mol. The highest BCUT2D eigenvalue weighted by Crippen LogP contribution is 2.52. The van der Waals surface area contributed by atoms with Crippen LogP contribution in [0.2, 0.25) is 0 Å². The number of carboxylic acid groups (broad SMARTS) is 2. The monoisotopic (exact) mass is 1970 g/mol. The second-order valence-corrected chi connectivity index (χ2v) is 39.4. The van der Waals surface area contributed by atoms with Gasteiger partial charge in [0.2, 0.25) is 0 Å². The van der Waals surface area contributed by atoms with Crippen LogP contribution < -0.4 is 37.9 Å². The summed E-state index contributed by atoms with van der Waals surface area (Å²) in [4.78, 5) is 46.7. The molecule has 12 aromatic rings. The minimum atomic E-state index is -0.764. The Bertz CT molecular complexity index is 6410. The Hall–Kier alpha value is -14.4. The van der Waals surface area contributed by atoms with Crippen LogP contribution >= 0.6 is 0 Å². The molecule has 0 bridgehead atoms. The number of esters is 2.